The summed E-state index contributed by atoms with van der Waals surface area (Å²) in [7, 11) is 0. The summed E-state index contributed by atoms with van der Waals surface area (Å²) in [5.41, 5.74) is 1.00. The Balaban J connectivity index is 2.09. The van der Waals surface area contributed by atoms with Gasteiger partial charge in [-0.05, 0) is 23.8 Å². The first-order valence-corrected chi connectivity index (χ1v) is 5.53. The minimum atomic E-state index is -1.11. The van der Waals surface area contributed by atoms with Crippen LogP contribution in [0.25, 0.3) is 0 Å². The molecule has 1 amide bonds. The number of pyridine rings is 2. The molecule has 6 heteroatoms. The maximum absolute atomic E-state index is 11.8. The van der Waals surface area contributed by atoms with Crippen molar-refractivity contribution < 1.29 is 14.7 Å². The topological polar surface area (TPSA) is 92.2 Å². The van der Waals surface area contributed by atoms with Gasteiger partial charge in [0.1, 0.15) is 0 Å². The molecule has 2 aromatic heterocycles. The number of aromatic nitrogens is 2. The van der Waals surface area contributed by atoms with Crippen molar-refractivity contribution in [3.8, 4) is 0 Å². The SMILES string of the molecule is O=C(Cc1ccncc1)Nc1cnccc1C(=O)O. The van der Waals surface area contributed by atoms with Crippen LogP contribution in [0.4, 0.5) is 5.69 Å². The first-order chi connectivity index (χ1) is 9.16. The Morgan fingerprint density at radius 3 is 2.47 bits per heavy atom. The maximum atomic E-state index is 11.8. The monoisotopic (exact) mass is 257 g/mol. The number of nitrogens with zero attached hydrogens (tertiary/aromatic N) is 2. The van der Waals surface area contributed by atoms with Gasteiger partial charge in [0, 0.05) is 18.6 Å². The third-order valence-electron chi connectivity index (χ3n) is 2.44. The van der Waals surface area contributed by atoms with Crippen LogP contribution in [-0.2, 0) is 11.2 Å². The molecule has 0 aliphatic carbocycles. The third-order valence-corrected chi connectivity index (χ3v) is 2.44. The zero-order chi connectivity index (χ0) is 13.7. The number of carbonyl (C=O) groups is 2. The van der Waals surface area contributed by atoms with Crippen LogP contribution < -0.4 is 5.32 Å². The molecule has 0 radical (unpaired) electrons. The number of carboxylic acids is 1. The lowest BCUT2D eigenvalue weighted by atomic mass is 10.2. The lowest BCUT2D eigenvalue weighted by Gasteiger charge is -2.07. The molecule has 0 spiro atoms. The van der Waals surface area contributed by atoms with Crippen molar-refractivity contribution in [3.63, 3.8) is 0 Å². The van der Waals surface area contributed by atoms with Gasteiger partial charge in [-0.1, -0.05) is 0 Å². The molecule has 0 bridgehead atoms. The van der Waals surface area contributed by atoms with Gasteiger partial charge in [0.2, 0.25) is 5.91 Å². The average Bonchev–Trinajstić information content (AvgIpc) is 2.40. The van der Waals surface area contributed by atoms with E-state index in [1.165, 1.54) is 18.5 Å². The molecule has 6 nitrogen and oxygen atoms in total. The second-order valence-electron chi connectivity index (χ2n) is 3.81. The van der Waals surface area contributed by atoms with Gasteiger partial charge in [0.25, 0.3) is 0 Å². The van der Waals surface area contributed by atoms with E-state index in [9.17, 15) is 9.59 Å². The summed E-state index contributed by atoms with van der Waals surface area (Å²) in [6.45, 7) is 0. The van der Waals surface area contributed by atoms with Gasteiger partial charge < -0.3 is 10.4 Å². The van der Waals surface area contributed by atoms with Crippen LogP contribution in [0.3, 0.4) is 0 Å². The van der Waals surface area contributed by atoms with Crippen LogP contribution in [0.1, 0.15) is 15.9 Å². The second kappa shape index (κ2) is 5.72. The summed E-state index contributed by atoms with van der Waals surface area (Å²) in [5, 5.41) is 11.5. The van der Waals surface area contributed by atoms with E-state index in [-0.39, 0.29) is 23.6 Å². The lowest BCUT2D eigenvalue weighted by molar-refractivity contribution is -0.115. The van der Waals surface area contributed by atoms with Crippen molar-refractivity contribution in [2.45, 2.75) is 6.42 Å². The van der Waals surface area contributed by atoms with Gasteiger partial charge in [-0.2, -0.15) is 0 Å². The van der Waals surface area contributed by atoms with E-state index < -0.39 is 5.97 Å². The normalized spacial score (nSPS) is 9.89. The molecule has 19 heavy (non-hydrogen) atoms. The van der Waals surface area contributed by atoms with Crippen molar-refractivity contribution in [3.05, 3.63) is 54.1 Å². The minimum absolute atomic E-state index is 0.0121. The Kier molecular flexibility index (Phi) is 3.82. The highest BCUT2D eigenvalue weighted by molar-refractivity contribution is 6.00. The molecule has 0 unspecified atom stereocenters. The number of carbonyl (C=O) groups excluding carboxylic acids is 1. The molecule has 2 N–H and O–H groups in total. The average molecular weight is 257 g/mol. The molecule has 96 valence electrons. The lowest BCUT2D eigenvalue weighted by Crippen LogP contribution is -2.17. The van der Waals surface area contributed by atoms with E-state index in [1.807, 2.05) is 0 Å². The van der Waals surface area contributed by atoms with Crippen LogP contribution in [0.5, 0.6) is 0 Å². The molecular weight excluding hydrogens is 246 g/mol. The Morgan fingerprint density at radius 2 is 1.79 bits per heavy atom. The van der Waals surface area contributed by atoms with E-state index in [2.05, 4.69) is 15.3 Å². The smallest absolute Gasteiger partial charge is 0.337 e. The molecule has 2 heterocycles. The standard InChI is InChI=1S/C13H11N3O3/c17-12(7-9-1-4-14-5-2-9)16-11-8-15-6-3-10(11)13(18)19/h1-6,8H,7H2,(H,16,17)(H,18,19). The van der Waals surface area contributed by atoms with Crippen LogP contribution in [0.2, 0.25) is 0 Å². The largest absolute Gasteiger partial charge is 0.478 e. The summed E-state index contributed by atoms with van der Waals surface area (Å²) >= 11 is 0. The number of nitrogens with one attached hydrogen (secondary N) is 1. The van der Waals surface area contributed by atoms with Gasteiger partial charge in [-0.25, -0.2) is 4.79 Å². The Labute approximate surface area is 109 Å². The number of aromatic carboxylic acids is 1. The fourth-order valence-electron chi connectivity index (χ4n) is 1.56. The molecular formula is C13H11N3O3. The number of amides is 1. The van der Waals surface area contributed by atoms with E-state index in [1.54, 1.807) is 24.5 Å². The highest BCUT2D eigenvalue weighted by Crippen LogP contribution is 2.13. The molecule has 0 aliphatic heterocycles. The number of hydrogen-bond acceptors (Lipinski definition) is 4. The minimum Gasteiger partial charge on any atom is -0.478 e. The van der Waals surface area contributed by atoms with E-state index >= 15 is 0 Å². The first-order valence-electron chi connectivity index (χ1n) is 5.53. The fourth-order valence-corrected chi connectivity index (χ4v) is 1.56. The molecule has 0 aliphatic rings. The van der Waals surface area contributed by atoms with Crippen molar-refractivity contribution >= 4 is 17.6 Å². The second-order valence-corrected chi connectivity index (χ2v) is 3.81. The Morgan fingerprint density at radius 1 is 1.11 bits per heavy atom. The highest BCUT2D eigenvalue weighted by atomic mass is 16.4. The summed E-state index contributed by atoms with van der Waals surface area (Å²) < 4.78 is 0. The Bertz CT molecular complexity index is 599. The number of carboxylic acid groups (broad SMARTS) is 1. The van der Waals surface area contributed by atoms with E-state index in [4.69, 9.17) is 5.11 Å². The predicted molar refractivity (Wildman–Crippen MR) is 67.8 cm³/mol. The first kappa shape index (κ1) is 12.7. The quantitative estimate of drug-likeness (QED) is 0.862. The number of rotatable bonds is 4. The van der Waals surface area contributed by atoms with Gasteiger partial charge in [0.05, 0.1) is 23.9 Å². The van der Waals surface area contributed by atoms with Crippen LogP contribution in [-0.4, -0.2) is 27.0 Å². The predicted octanol–water partition coefficient (Wildman–Crippen LogP) is 1.36. The van der Waals surface area contributed by atoms with Crippen LogP contribution in [0.15, 0.2) is 43.0 Å². The third kappa shape index (κ3) is 3.35. The van der Waals surface area contributed by atoms with Gasteiger partial charge in [-0.3, -0.25) is 14.8 Å². The molecule has 2 aromatic rings. The molecule has 0 atom stereocenters. The van der Waals surface area contributed by atoms with Crippen LogP contribution in [0, 0.1) is 0 Å². The van der Waals surface area contributed by atoms with Crippen molar-refractivity contribution in [1.82, 2.24) is 9.97 Å². The summed E-state index contributed by atoms with van der Waals surface area (Å²) in [5.74, 6) is -1.41. The molecule has 2 rings (SSSR count). The van der Waals surface area contributed by atoms with Crippen molar-refractivity contribution in [1.29, 1.82) is 0 Å². The summed E-state index contributed by atoms with van der Waals surface area (Å²) in [6.07, 6.45) is 6.01. The molecule has 0 saturated carbocycles. The maximum Gasteiger partial charge on any atom is 0.337 e. The number of hydrogen-bond donors (Lipinski definition) is 2. The van der Waals surface area contributed by atoms with Crippen molar-refractivity contribution in [2.24, 2.45) is 0 Å². The zero-order valence-electron chi connectivity index (χ0n) is 9.91. The molecule has 0 aromatic carbocycles. The summed E-state index contributed by atoms with van der Waals surface area (Å²) in [4.78, 5) is 30.4. The van der Waals surface area contributed by atoms with Crippen LogP contribution >= 0.6 is 0 Å². The summed E-state index contributed by atoms with van der Waals surface area (Å²) in [6, 6.07) is 4.78. The number of anilines is 1. The molecule has 0 fully saturated rings. The fraction of sp³-hybridized carbons (Fsp3) is 0.0769. The van der Waals surface area contributed by atoms with E-state index in [0.717, 1.165) is 5.56 Å². The van der Waals surface area contributed by atoms with Gasteiger partial charge >= 0.3 is 5.97 Å². The van der Waals surface area contributed by atoms with Gasteiger partial charge in [-0.15, -0.1) is 0 Å². The zero-order valence-corrected chi connectivity index (χ0v) is 9.91. The van der Waals surface area contributed by atoms with E-state index in [0.29, 0.717) is 0 Å². The van der Waals surface area contributed by atoms with Crippen molar-refractivity contribution in [2.75, 3.05) is 5.32 Å². The molecule has 0 saturated heterocycles. The highest BCUT2D eigenvalue weighted by Gasteiger charge is 2.12. The Hall–Kier alpha value is -2.76. The van der Waals surface area contributed by atoms with Gasteiger partial charge in [0.15, 0.2) is 0 Å².